The molecular formula is C10H18N4O7S. The topological polar surface area (TPSA) is 151 Å². The molecule has 3 amide bonds. The van der Waals surface area contributed by atoms with Crippen LogP contribution in [-0.2, 0) is 24.3 Å². The molecule has 3 atom stereocenters. The number of hydrogen-bond acceptors (Lipinski definition) is 7. The minimum absolute atomic E-state index is 0.118. The number of rotatable bonds is 6. The van der Waals surface area contributed by atoms with Crippen molar-refractivity contribution in [1.29, 1.82) is 0 Å². The first-order valence-electron chi connectivity index (χ1n) is 6.63. The van der Waals surface area contributed by atoms with Gasteiger partial charge in [0.25, 0.3) is 5.91 Å². The van der Waals surface area contributed by atoms with Gasteiger partial charge in [-0.2, -0.15) is 13.5 Å². The standard InChI is InChI=1S/C10H18N4O7S/c1-6(11)5-20-12-9(15)8-3-2-7-4-13(8)10(16)14(7)21-22(17,18)19/h6-8H,2-5,11H2,1H3,(H,12,15)(H,17,18,19)/t6-,7+,8+/m0/s1. The molecule has 0 aromatic carbocycles. The molecule has 11 nitrogen and oxygen atoms in total. The van der Waals surface area contributed by atoms with Gasteiger partial charge in [-0.25, -0.2) is 10.3 Å². The summed E-state index contributed by atoms with van der Waals surface area (Å²) in [6, 6.07) is -2.40. The first-order valence-corrected chi connectivity index (χ1v) is 7.99. The fourth-order valence-corrected chi connectivity index (χ4v) is 2.80. The number of carbonyl (C=O) groups excluding carboxylic acids is 2. The van der Waals surface area contributed by atoms with Gasteiger partial charge in [-0.05, 0) is 19.8 Å². The summed E-state index contributed by atoms with van der Waals surface area (Å²) in [5, 5.41) is 0.575. The second-order valence-electron chi connectivity index (χ2n) is 5.26. The van der Waals surface area contributed by atoms with E-state index in [0.29, 0.717) is 17.9 Å². The highest BCUT2D eigenvalue weighted by atomic mass is 32.3. The molecule has 2 rings (SSSR count). The van der Waals surface area contributed by atoms with E-state index in [-0.39, 0.29) is 19.2 Å². The van der Waals surface area contributed by atoms with E-state index < -0.39 is 34.4 Å². The van der Waals surface area contributed by atoms with Gasteiger partial charge in [0.1, 0.15) is 6.04 Å². The molecule has 0 spiro atoms. The van der Waals surface area contributed by atoms with Crippen molar-refractivity contribution in [2.45, 2.75) is 37.9 Å². The van der Waals surface area contributed by atoms with E-state index in [1.807, 2.05) is 0 Å². The molecule has 2 aliphatic heterocycles. The zero-order valence-electron chi connectivity index (χ0n) is 11.8. The van der Waals surface area contributed by atoms with Gasteiger partial charge in [0, 0.05) is 12.6 Å². The molecule has 126 valence electrons. The van der Waals surface area contributed by atoms with Crippen LogP contribution in [0.5, 0.6) is 0 Å². The molecule has 4 N–H and O–H groups in total. The zero-order valence-corrected chi connectivity index (χ0v) is 12.7. The Morgan fingerprint density at radius 2 is 2.23 bits per heavy atom. The van der Waals surface area contributed by atoms with E-state index in [0.717, 1.165) is 0 Å². The van der Waals surface area contributed by atoms with Crippen molar-refractivity contribution in [3.8, 4) is 0 Å². The van der Waals surface area contributed by atoms with Crippen LogP contribution in [-0.4, -0.2) is 66.1 Å². The van der Waals surface area contributed by atoms with Crippen molar-refractivity contribution in [1.82, 2.24) is 15.4 Å². The second kappa shape index (κ2) is 6.34. The fourth-order valence-electron chi connectivity index (χ4n) is 2.42. The molecule has 0 saturated carbocycles. The lowest BCUT2D eigenvalue weighted by Crippen LogP contribution is -2.50. The minimum Gasteiger partial charge on any atom is -0.326 e. The zero-order chi connectivity index (χ0) is 16.5. The Morgan fingerprint density at radius 3 is 2.82 bits per heavy atom. The van der Waals surface area contributed by atoms with Crippen molar-refractivity contribution < 1.29 is 31.7 Å². The van der Waals surface area contributed by atoms with Crippen LogP contribution in [0.1, 0.15) is 19.8 Å². The number of fused-ring (bicyclic) bond motifs is 2. The lowest BCUT2D eigenvalue weighted by Gasteiger charge is -2.28. The summed E-state index contributed by atoms with van der Waals surface area (Å²) in [4.78, 5) is 30.2. The largest absolute Gasteiger partial charge is 0.418 e. The molecule has 2 saturated heterocycles. The Hall–Kier alpha value is -1.47. The van der Waals surface area contributed by atoms with Gasteiger partial charge in [-0.3, -0.25) is 14.2 Å². The summed E-state index contributed by atoms with van der Waals surface area (Å²) < 4.78 is 34.4. The maximum atomic E-state index is 12.1. The molecule has 12 heteroatoms. The SMILES string of the molecule is C[C@H](N)CONC(=O)[C@H]1CC[C@@H]2CN1C(=O)N2OS(=O)(=O)O. The fraction of sp³-hybridized carbons (Fsp3) is 0.800. The molecule has 0 unspecified atom stereocenters. The third kappa shape index (κ3) is 3.84. The number of hydroxylamine groups is 3. The summed E-state index contributed by atoms with van der Waals surface area (Å²) in [6.45, 7) is 1.94. The van der Waals surface area contributed by atoms with Crippen molar-refractivity contribution in [3.05, 3.63) is 0 Å². The van der Waals surface area contributed by atoms with E-state index in [1.165, 1.54) is 4.90 Å². The highest BCUT2D eigenvalue weighted by Crippen LogP contribution is 2.30. The number of urea groups is 1. The molecule has 2 bridgehead atoms. The maximum absolute atomic E-state index is 12.1. The quantitative estimate of drug-likeness (QED) is 0.386. The summed E-state index contributed by atoms with van der Waals surface area (Å²) in [7, 11) is -4.80. The van der Waals surface area contributed by atoms with E-state index >= 15 is 0 Å². The average molecular weight is 338 g/mol. The summed E-state index contributed by atoms with van der Waals surface area (Å²) in [5.41, 5.74) is 7.68. The molecule has 0 aromatic rings. The van der Waals surface area contributed by atoms with Crippen LogP contribution in [0, 0.1) is 0 Å². The lowest BCUT2D eigenvalue weighted by atomic mass is 10.0. The smallest absolute Gasteiger partial charge is 0.326 e. The van der Waals surface area contributed by atoms with Gasteiger partial charge in [0.15, 0.2) is 0 Å². The van der Waals surface area contributed by atoms with Gasteiger partial charge in [0.2, 0.25) is 0 Å². The van der Waals surface area contributed by atoms with Gasteiger partial charge >= 0.3 is 16.4 Å². The lowest BCUT2D eigenvalue weighted by molar-refractivity contribution is -0.139. The Morgan fingerprint density at radius 1 is 1.55 bits per heavy atom. The molecule has 2 heterocycles. The van der Waals surface area contributed by atoms with E-state index in [4.69, 9.17) is 15.1 Å². The van der Waals surface area contributed by atoms with Crippen LogP contribution in [0.3, 0.4) is 0 Å². The molecule has 0 radical (unpaired) electrons. The average Bonchev–Trinajstić information content (AvgIpc) is 2.62. The van der Waals surface area contributed by atoms with Gasteiger partial charge in [-0.1, -0.05) is 0 Å². The molecule has 0 aromatic heterocycles. The van der Waals surface area contributed by atoms with E-state index in [2.05, 4.69) is 9.76 Å². The van der Waals surface area contributed by atoms with Crippen LogP contribution in [0.2, 0.25) is 0 Å². The normalized spacial score (nSPS) is 26.2. The highest BCUT2D eigenvalue weighted by molar-refractivity contribution is 7.80. The number of piperidine rings is 1. The van der Waals surface area contributed by atoms with Crippen LogP contribution in [0.15, 0.2) is 0 Å². The van der Waals surface area contributed by atoms with Crippen LogP contribution >= 0.6 is 0 Å². The molecule has 2 fully saturated rings. The maximum Gasteiger partial charge on any atom is 0.418 e. The minimum atomic E-state index is -4.80. The predicted molar refractivity (Wildman–Crippen MR) is 71.1 cm³/mol. The van der Waals surface area contributed by atoms with Crippen molar-refractivity contribution >= 4 is 22.3 Å². The molecular weight excluding hydrogens is 320 g/mol. The number of nitrogens with zero attached hydrogens (tertiary/aromatic N) is 2. The third-order valence-corrected chi connectivity index (χ3v) is 3.67. The van der Waals surface area contributed by atoms with E-state index in [9.17, 15) is 18.0 Å². The molecule has 0 aliphatic carbocycles. The summed E-state index contributed by atoms with van der Waals surface area (Å²) >= 11 is 0. The van der Waals surface area contributed by atoms with Crippen LogP contribution in [0.4, 0.5) is 4.79 Å². The van der Waals surface area contributed by atoms with Crippen molar-refractivity contribution in [2.75, 3.05) is 13.2 Å². The second-order valence-corrected chi connectivity index (χ2v) is 6.27. The van der Waals surface area contributed by atoms with Crippen LogP contribution < -0.4 is 11.2 Å². The third-order valence-electron chi connectivity index (χ3n) is 3.32. The molecule has 22 heavy (non-hydrogen) atoms. The number of hydrogen-bond donors (Lipinski definition) is 3. The van der Waals surface area contributed by atoms with Gasteiger partial charge in [0.05, 0.1) is 12.6 Å². The van der Waals surface area contributed by atoms with Crippen LogP contribution in [0.25, 0.3) is 0 Å². The number of nitrogens with one attached hydrogen (secondary N) is 1. The highest BCUT2D eigenvalue weighted by Gasteiger charge is 2.49. The monoisotopic (exact) mass is 338 g/mol. The Labute approximate surface area is 127 Å². The molecule has 2 aliphatic rings. The Balaban J connectivity index is 1.98. The predicted octanol–water partition coefficient (Wildman–Crippen LogP) is -1.62. The number of carbonyl (C=O) groups is 2. The van der Waals surface area contributed by atoms with Crippen molar-refractivity contribution in [3.63, 3.8) is 0 Å². The van der Waals surface area contributed by atoms with Crippen molar-refractivity contribution in [2.24, 2.45) is 5.73 Å². The number of amides is 3. The van der Waals surface area contributed by atoms with Gasteiger partial charge < -0.3 is 10.6 Å². The number of nitrogens with two attached hydrogens (primary N) is 1. The summed E-state index contributed by atoms with van der Waals surface area (Å²) in [6.07, 6.45) is 0.665. The Kier molecular flexibility index (Phi) is 4.87. The first-order chi connectivity index (χ1) is 10.2. The first kappa shape index (κ1) is 16.9. The van der Waals surface area contributed by atoms with Gasteiger partial charge in [-0.15, -0.1) is 4.28 Å². The van der Waals surface area contributed by atoms with E-state index in [1.54, 1.807) is 6.92 Å². The Bertz CT molecular complexity index is 551. The summed E-state index contributed by atoms with van der Waals surface area (Å²) in [5.74, 6) is -0.527.